The monoisotopic (exact) mass is 205 g/mol. The molecule has 1 rings (SSSR count). The third-order valence-corrected chi connectivity index (χ3v) is 2.51. The predicted molar refractivity (Wildman–Crippen MR) is 63.3 cm³/mol. The van der Waals surface area contributed by atoms with Gasteiger partial charge in [-0.3, -0.25) is 4.79 Å². The number of carbonyl (C=O) groups excluding carboxylic acids is 1. The van der Waals surface area contributed by atoms with E-state index in [2.05, 4.69) is 5.32 Å². The number of Topliss-reactive ketones (excluding diaryl/α,β-unsaturated/α-hetero) is 1. The van der Waals surface area contributed by atoms with Crippen molar-refractivity contribution in [3.8, 4) is 0 Å². The molecule has 1 N–H and O–H groups in total. The molecule has 0 bridgehead atoms. The lowest BCUT2D eigenvalue weighted by Gasteiger charge is -2.14. The van der Waals surface area contributed by atoms with E-state index in [1.54, 1.807) is 0 Å². The predicted octanol–water partition coefficient (Wildman–Crippen LogP) is 2.57. The van der Waals surface area contributed by atoms with Gasteiger partial charge in [0.2, 0.25) is 0 Å². The summed E-state index contributed by atoms with van der Waals surface area (Å²) in [6.45, 7) is 6.90. The highest BCUT2D eigenvalue weighted by Crippen LogP contribution is 2.08. The number of ketones is 1. The van der Waals surface area contributed by atoms with E-state index in [1.165, 1.54) is 5.56 Å². The zero-order valence-electron chi connectivity index (χ0n) is 9.71. The molecule has 2 nitrogen and oxygen atoms in total. The molecule has 0 amide bonds. The van der Waals surface area contributed by atoms with Crippen molar-refractivity contribution >= 4 is 5.78 Å². The van der Waals surface area contributed by atoms with Gasteiger partial charge in [-0.15, -0.1) is 0 Å². The molecule has 82 valence electrons. The van der Waals surface area contributed by atoms with Crippen molar-refractivity contribution < 1.29 is 4.79 Å². The third kappa shape index (κ3) is 3.17. The Balaban J connectivity index is 2.78. The maximum absolute atomic E-state index is 12.0. The summed E-state index contributed by atoms with van der Waals surface area (Å²) in [6, 6.07) is 7.71. The highest BCUT2D eigenvalue weighted by Gasteiger charge is 2.16. The Kier molecular flexibility index (Phi) is 4.50. The van der Waals surface area contributed by atoms with Crippen LogP contribution in [0.15, 0.2) is 24.3 Å². The molecule has 0 unspecified atom stereocenters. The Morgan fingerprint density at radius 2 is 1.87 bits per heavy atom. The average molecular weight is 205 g/mol. The molecule has 0 aliphatic heterocycles. The smallest absolute Gasteiger partial charge is 0.179 e. The first-order valence-corrected chi connectivity index (χ1v) is 5.53. The normalized spacial score (nSPS) is 12.5. The van der Waals surface area contributed by atoms with E-state index >= 15 is 0 Å². The summed E-state index contributed by atoms with van der Waals surface area (Å²) in [5.74, 6) is 0.194. The molecule has 0 fully saturated rings. The lowest BCUT2D eigenvalue weighted by molar-refractivity contribution is 0.0941. The van der Waals surface area contributed by atoms with E-state index in [1.807, 2.05) is 45.0 Å². The lowest BCUT2D eigenvalue weighted by atomic mass is 10.0. The minimum Gasteiger partial charge on any atom is -0.307 e. The van der Waals surface area contributed by atoms with Crippen molar-refractivity contribution in [3.63, 3.8) is 0 Å². The number of nitrogens with one attached hydrogen (secondary N) is 1. The molecule has 0 radical (unpaired) electrons. The molecule has 0 heterocycles. The van der Waals surface area contributed by atoms with Gasteiger partial charge in [0, 0.05) is 5.56 Å². The standard InChI is InChI=1S/C13H19NO/c1-4-12(14-5-2)13(15)11-8-6-10(3)7-9-11/h6-9,12,14H,4-5H2,1-3H3/t12-/m1/s1. The van der Waals surface area contributed by atoms with Gasteiger partial charge in [0.05, 0.1) is 6.04 Å². The van der Waals surface area contributed by atoms with Gasteiger partial charge in [0.15, 0.2) is 5.78 Å². The van der Waals surface area contributed by atoms with Crippen LogP contribution in [0.4, 0.5) is 0 Å². The Bertz CT molecular complexity index is 316. The molecule has 0 saturated heterocycles. The van der Waals surface area contributed by atoms with Crippen LogP contribution in [0.1, 0.15) is 36.2 Å². The molecule has 1 aromatic carbocycles. The largest absolute Gasteiger partial charge is 0.307 e. The molecule has 0 aliphatic carbocycles. The van der Waals surface area contributed by atoms with Gasteiger partial charge in [-0.1, -0.05) is 43.7 Å². The van der Waals surface area contributed by atoms with Gasteiger partial charge >= 0.3 is 0 Å². The van der Waals surface area contributed by atoms with Crippen molar-refractivity contribution in [2.75, 3.05) is 6.54 Å². The Morgan fingerprint density at radius 3 is 2.33 bits per heavy atom. The van der Waals surface area contributed by atoms with Crippen LogP contribution in [-0.4, -0.2) is 18.4 Å². The number of hydrogen-bond acceptors (Lipinski definition) is 2. The minimum atomic E-state index is -0.0438. The fourth-order valence-corrected chi connectivity index (χ4v) is 1.59. The maximum Gasteiger partial charge on any atom is 0.179 e. The van der Waals surface area contributed by atoms with Crippen molar-refractivity contribution in [2.24, 2.45) is 0 Å². The van der Waals surface area contributed by atoms with E-state index in [9.17, 15) is 4.79 Å². The number of likely N-dealkylation sites (N-methyl/N-ethyl adjacent to an activating group) is 1. The van der Waals surface area contributed by atoms with Crippen molar-refractivity contribution in [2.45, 2.75) is 33.2 Å². The molecule has 0 spiro atoms. The number of hydrogen-bond donors (Lipinski definition) is 1. The second kappa shape index (κ2) is 5.66. The lowest BCUT2D eigenvalue weighted by Crippen LogP contribution is -2.35. The minimum absolute atomic E-state index is 0.0438. The SMILES string of the molecule is CCN[C@H](CC)C(=O)c1ccc(C)cc1. The summed E-state index contributed by atoms with van der Waals surface area (Å²) in [5, 5.41) is 3.20. The average Bonchev–Trinajstić information content (AvgIpc) is 2.26. The third-order valence-electron chi connectivity index (χ3n) is 2.51. The van der Waals surface area contributed by atoms with Crippen LogP contribution in [0, 0.1) is 6.92 Å². The summed E-state index contributed by atoms with van der Waals surface area (Å²) in [7, 11) is 0. The molecular weight excluding hydrogens is 186 g/mol. The summed E-state index contributed by atoms with van der Waals surface area (Å²) in [4.78, 5) is 12.0. The molecule has 2 heteroatoms. The molecular formula is C13H19NO. The highest BCUT2D eigenvalue weighted by molar-refractivity contribution is 6.00. The molecule has 0 aromatic heterocycles. The van der Waals surface area contributed by atoms with Crippen LogP contribution in [0.5, 0.6) is 0 Å². The van der Waals surface area contributed by atoms with Crippen LogP contribution in [-0.2, 0) is 0 Å². The van der Waals surface area contributed by atoms with E-state index in [4.69, 9.17) is 0 Å². The zero-order chi connectivity index (χ0) is 11.3. The van der Waals surface area contributed by atoms with E-state index in [-0.39, 0.29) is 11.8 Å². The summed E-state index contributed by atoms with van der Waals surface area (Å²) < 4.78 is 0. The van der Waals surface area contributed by atoms with Crippen LogP contribution < -0.4 is 5.32 Å². The first kappa shape index (κ1) is 11.9. The van der Waals surface area contributed by atoms with Gasteiger partial charge < -0.3 is 5.32 Å². The summed E-state index contributed by atoms with van der Waals surface area (Å²) in [6.07, 6.45) is 0.834. The maximum atomic E-state index is 12.0. The van der Waals surface area contributed by atoms with Gasteiger partial charge in [0.1, 0.15) is 0 Å². The Morgan fingerprint density at radius 1 is 1.27 bits per heavy atom. The quantitative estimate of drug-likeness (QED) is 0.748. The number of carbonyl (C=O) groups is 1. The van der Waals surface area contributed by atoms with Gasteiger partial charge in [-0.25, -0.2) is 0 Å². The first-order valence-electron chi connectivity index (χ1n) is 5.53. The van der Waals surface area contributed by atoms with Gasteiger partial charge in [-0.05, 0) is 19.9 Å². The number of benzene rings is 1. The first-order chi connectivity index (χ1) is 7.19. The van der Waals surface area contributed by atoms with Gasteiger partial charge in [0.25, 0.3) is 0 Å². The summed E-state index contributed by atoms with van der Waals surface area (Å²) >= 11 is 0. The van der Waals surface area contributed by atoms with Gasteiger partial charge in [-0.2, -0.15) is 0 Å². The molecule has 0 aliphatic rings. The van der Waals surface area contributed by atoms with Crippen molar-refractivity contribution in [1.82, 2.24) is 5.32 Å². The Labute approximate surface area is 91.7 Å². The molecule has 0 saturated carbocycles. The van der Waals surface area contributed by atoms with Crippen LogP contribution >= 0.6 is 0 Å². The number of aryl methyl sites for hydroxylation is 1. The van der Waals surface area contributed by atoms with Crippen LogP contribution in [0.3, 0.4) is 0 Å². The topological polar surface area (TPSA) is 29.1 Å². The second-order valence-electron chi connectivity index (χ2n) is 3.75. The van der Waals surface area contributed by atoms with Crippen molar-refractivity contribution in [1.29, 1.82) is 0 Å². The number of rotatable bonds is 5. The molecule has 1 atom stereocenters. The van der Waals surface area contributed by atoms with E-state index in [0.717, 1.165) is 18.5 Å². The second-order valence-corrected chi connectivity index (χ2v) is 3.75. The fourth-order valence-electron chi connectivity index (χ4n) is 1.59. The molecule has 15 heavy (non-hydrogen) atoms. The van der Waals surface area contributed by atoms with E-state index < -0.39 is 0 Å². The van der Waals surface area contributed by atoms with Crippen LogP contribution in [0.2, 0.25) is 0 Å². The van der Waals surface area contributed by atoms with Crippen LogP contribution in [0.25, 0.3) is 0 Å². The Hall–Kier alpha value is -1.15. The highest BCUT2D eigenvalue weighted by atomic mass is 16.1. The molecule has 1 aromatic rings. The summed E-state index contributed by atoms with van der Waals surface area (Å²) in [5.41, 5.74) is 1.98. The van der Waals surface area contributed by atoms with E-state index in [0.29, 0.717) is 0 Å². The zero-order valence-corrected chi connectivity index (χ0v) is 9.71. The fraction of sp³-hybridized carbons (Fsp3) is 0.462. The van der Waals surface area contributed by atoms with Crippen molar-refractivity contribution in [3.05, 3.63) is 35.4 Å².